The molecule has 0 bridgehead atoms. The average molecular weight is 327 g/mol. The molecule has 0 saturated carbocycles. The summed E-state index contributed by atoms with van der Waals surface area (Å²) >= 11 is 0. The SMILES string of the molecule is Cc1ccc2c(c1)C(C)(c1ccccc1)N(Cc1ccccc1)CC2. The van der Waals surface area contributed by atoms with Crippen molar-refractivity contribution in [2.24, 2.45) is 0 Å². The predicted molar refractivity (Wildman–Crippen MR) is 105 cm³/mol. The van der Waals surface area contributed by atoms with Gasteiger partial charge in [-0.3, -0.25) is 4.90 Å². The molecule has 0 N–H and O–H groups in total. The van der Waals surface area contributed by atoms with Crippen LogP contribution in [0.25, 0.3) is 0 Å². The lowest BCUT2D eigenvalue weighted by molar-refractivity contribution is 0.117. The molecule has 25 heavy (non-hydrogen) atoms. The first-order valence-corrected chi connectivity index (χ1v) is 9.12. The van der Waals surface area contributed by atoms with E-state index in [1.165, 1.54) is 27.8 Å². The van der Waals surface area contributed by atoms with Gasteiger partial charge in [-0.2, -0.15) is 0 Å². The average Bonchev–Trinajstić information content (AvgIpc) is 2.66. The lowest BCUT2D eigenvalue weighted by Gasteiger charge is -2.47. The Hall–Kier alpha value is -2.38. The van der Waals surface area contributed by atoms with Crippen LogP contribution in [0.1, 0.15) is 34.7 Å². The zero-order chi connectivity index (χ0) is 17.3. The van der Waals surface area contributed by atoms with Crippen molar-refractivity contribution >= 4 is 0 Å². The summed E-state index contributed by atoms with van der Waals surface area (Å²) in [5, 5.41) is 0. The van der Waals surface area contributed by atoms with Crippen LogP contribution in [-0.2, 0) is 18.5 Å². The minimum Gasteiger partial charge on any atom is -0.285 e. The molecule has 1 aliphatic rings. The molecule has 0 spiro atoms. The minimum absolute atomic E-state index is 0.100. The highest BCUT2D eigenvalue weighted by molar-refractivity contribution is 5.46. The van der Waals surface area contributed by atoms with E-state index >= 15 is 0 Å². The van der Waals surface area contributed by atoms with Crippen LogP contribution in [0.3, 0.4) is 0 Å². The summed E-state index contributed by atoms with van der Waals surface area (Å²) < 4.78 is 0. The summed E-state index contributed by atoms with van der Waals surface area (Å²) in [7, 11) is 0. The molecule has 0 radical (unpaired) electrons. The molecule has 0 saturated heterocycles. The van der Waals surface area contributed by atoms with Crippen molar-refractivity contribution in [2.75, 3.05) is 6.54 Å². The first-order chi connectivity index (χ1) is 12.2. The third kappa shape index (κ3) is 2.89. The second kappa shape index (κ2) is 6.50. The van der Waals surface area contributed by atoms with Crippen molar-refractivity contribution in [1.82, 2.24) is 4.90 Å². The Morgan fingerprint density at radius 3 is 2.28 bits per heavy atom. The summed E-state index contributed by atoms with van der Waals surface area (Å²) in [5.41, 5.74) is 6.93. The fourth-order valence-corrected chi connectivity index (χ4v) is 4.15. The van der Waals surface area contributed by atoms with Crippen LogP contribution in [0.15, 0.2) is 78.9 Å². The van der Waals surface area contributed by atoms with Gasteiger partial charge in [-0.15, -0.1) is 0 Å². The molecule has 1 heterocycles. The van der Waals surface area contributed by atoms with E-state index < -0.39 is 0 Å². The number of hydrogen-bond donors (Lipinski definition) is 0. The van der Waals surface area contributed by atoms with Gasteiger partial charge in [0.15, 0.2) is 0 Å². The van der Waals surface area contributed by atoms with Crippen LogP contribution in [-0.4, -0.2) is 11.4 Å². The molecule has 1 heteroatoms. The number of rotatable bonds is 3. The van der Waals surface area contributed by atoms with Crippen molar-refractivity contribution < 1.29 is 0 Å². The molecule has 3 aromatic rings. The third-order valence-corrected chi connectivity index (χ3v) is 5.63. The Balaban J connectivity index is 1.84. The van der Waals surface area contributed by atoms with Crippen LogP contribution in [0.2, 0.25) is 0 Å². The molecule has 4 rings (SSSR count). The third-order valence-electron chi connectivity index (χ3n) is 5.63. The lowest BCUT2D eigenvalue weighted by atomic mass is 9.76. The summed E-state index contributed by atoms with van der Waals surface area (Å²) in [4.78, 5) is 2.64. The van der Waals surface area contributed by atoms with Gasteiger partial charge in [0.05, 0.1) is 5.54 Å². The summed E-state index contributed by atoms with van der Waals surface area (Å²) in [6.45, 7) is 6.64. The standard InChI is InChI=1S/C24H25N/c1-19-13-14-21-15-16-25(18-20-9-5-3-6-10-20)24(2,23(21)17-19)22-11-7-4-8-12-22/h3-14,17H,15-16,18H2,1-2H3. The van der Waals surface area contributed by atoms with Crippen molar-refractivity contribution in [2.45, 2.75) is 32.4 Å². The van der Waals surface area contributed by atoms with Crippen molar-refractivity contribution in [1.29, 1.82) is 0 Å². The van der Waals surface area contributed by atoms with E-state index in [-0.39, 0.29) is 5.54 Å². The quantitative estimate of drug-likeness (QED) is 0.629. The number of nitrogens with zero attached hydrogens (tertiary/aromatic N) is 1. The maximum atomic E-state index is 2.64. The minimum atomic E-state index is -0.100. The summed E-state index contributed by atoms with van der Waals surface area (Å²) in [6.07, 6.45) is 1.12. The maximum absolute atomic E-state index is 2.64. The van der Waals surface area contributed by atoms with E-state index in [2.05, 4.69) is 97.6 Å². The van der Waals surface area contributed by atoms with Gasteiger partial charge in [0.1, 0.15) is 0 Å². The van der Waals surface area contributed by atoms with E-state index in [1.807, 2.05) is 0 Å². The highest BCUT2D eigenvalue weighted by Crippen LogP contribution is 2.42. The fourth-order valence-electron chi connectivity index (χ4n) is 4.15. The lowest BCUT2D eigenvalue weighted by Crippen LogP contribution is -2.49. The molecule has 126 valence electrons. The molecular weight excluding hydrogens is 302 g/mol. The highest BCUT2D eigenvalue weighted by atomic mass is 15.2. The smallest absolute Gasteiger partial charge is 0.0692 e. The zero-order valence-corrected chi connectivity index (χ0v) is 15.1. The van der Waals surface area contributed by atoms with E-state index in [4.69, 9.17) is 0 Å². The van der Waals surface area contributed by atoms with Crippen LogP contribution >= 0.6 is 0 Å². The molecule has 3 aromatic carbocycles. The Morgan fingerprint density at radius 2 is 1.56 bits per heavy atom. The zero-order valence-electron chi connectivity index (χ0n) is 15.1. The topological polar surface area (TPSA) is 3.24 Å². The Bertz CT molecular complexity index is 854. The van der Waals surface area contributed by atoms with Crippen LogP contribution < -0.4 is 0 Å². The van der Waals surface area contributed by atoms with Gasteiger partial charge in [-0.1, -0.05) is 84.4 Å². The Morgan fingerprint density at radius 1 is 0.880 bits per heavy atom. The maximum Gasteiger partial charge on any atom is 0.0692 e. The molecule has 0 aromatic heterocycles. The van der Waals surface area contributed by atoms with Gasteiger partial charge in [0.25, 0.3) is 0 Å². The summed E-state index contributed by atoms with van der Waals surface area (Å²) in [5.74, 6) is 0. The van der Waals surface area contributed by atoms with Crippen LogP contribution in [0.5, 0.6) is 0 Å². The molecule has 0 fully saturated rings. The number of aryl methyl sites for hydroxylation is 1. The van der Waals surface area contributed by atoms with Gasteiger partial charge in [-0.05, 0) is 42.5 Å². The highest BCUT2D eigenvalue weighted by Gasteiger charge is 2.39. The van der Waals surface area contributed by atoms with E-state index in [0.717, 1.165) is 19.5 Å². The first-order valence-electron chi connectivity index (χ1n) is 9.12. The van der Waals surface area contributed by atoms with Crippen LogP contribution in [0, 0.1) is 6.92 Å². The van der Waals surface area contributed by atoms with Gasteiger partial charge in [-0.25, -0.2) is 0 Å². The molecule has 1 atom stereocenters. The molecule has 1 aliphatic heterocycles. The molecule has 1 unspecified atom stereocenters. The second-order valence-corrected chi connectivity index (χ2v) is 7.26. The van der Waals surface area contributed by atoms with E-state index in [0.29, 0.717) is 0 Å². The molecule has 1 nitrogen and oxygen atoms in total. The van der Waals surface area contributed by atoms with Crippen LogP contribution in [0.4, 0.5) is 0 Å². The monoisotopic (exact) mass is 327 g/mol. The fraction of sp³-hybridized carbons (Fsp3) is 0.250. The van der Waals surface area contributed by atoms with Gasteiger partial charge in [0.2, 0.25) is 0 Å². The first kappa shape index (κ1) is 16.1. The second-order valence-electron chi connectivity index (χ2n) is 7.26. The molecule has 0 aliphatic carbocycles. The van der Waals surface area contributed by atoms with Gasteiger partial charge in [0, 0.05) is 13.1 Å². The van der Waals surface area contributed by atoms with E-state index in [9.17, 15) is 0 Å². The predicted octanol–water partition coefficient (Wildman–Crippen LogP) is 5.32. The number of fused-ring (bicyclic) bond motifs is 1. The largest absolute Gasteiger partial charge is 0.285 e. The molecule has 0 amide bonds. The Labute approximate surface area is 150 Å². The Kier molecular flexibility index (Phi) is 4.19. The number of hydrogen-bond acceptors (Lipinski definition) is 1. The van der Waals surface area contributed by atoms with Crippen molar-refractivity contribution in [3.8, 4) is 0 Å². The normalized spacial score (nSPS) is 20.2. The van der Waals surface area contributed by atoms with Gasteiger partial charge >= 0.3 is 0 Å². The number of benzene rings is 3. The van der Waals surface area contributed by atoms with Gasteiger partial charge < -0.3 is 0 Å². The van der Waals surface area contributed by atoms with E-state index in [1.54, 1.807) is 0 Å². The van der Waals surface area contributed by atoms with Crippen molar-refractivity contribution in [3.05, 3.63) is 107 Å². The summed E-state index contributed by atoms with van der Waals surface area (Å²) in [6, 6.07) is 28.8. The van der Waals surface area contributed by atoms with Crippen molar-refractivity contribution in [3.63, 3.8) is 0 Å². The molecular formula is C24H25N.